The second kappa shape index (κ2) is 10.9. The molecule has 0 saturated carbocycles. The first-order valence-corrected chi connectivity index (χ1v) is 11.8. The van der Waals surface area contributed by atoms with E-state index in [1.165, 1.54) is 7.11 Å². The van der Waals surface area contributed by atoms with Crippen LogP contribution in [0.2, 0.25) is 0 Å². The first-order chi connectivity index (χ1) is 16.9. The Morgan fingerprint density at radius 2 is 1.74 bits per heavy atom. The number of methoxy groups -OCH3 is 2. The average molecular weight is 481 g/mol. The molecule has 2 heterocycles. The van der Waals surface area contributed by atoms with Crippen LogP contribution in [0.1, 0.15) is 29.2 Å². The number of aliphatic hydroxyl groups is 1. The summed E-state index contributed by atoms with van der Waals surface area (Å²) in [6.07, 6.45) is 0.687. The zero-order valence-corrected chi connectivity index (χ0v) is 20.5. The Hall–Kier alpha value is -3.36. The molecule has 2 aliphatic rings. The van der Waals surface area contributed by atoms with Crippen molar-refractivity contribution >= 4 is 17.4 Å². The first-order valence-electron chi connectivity index (χ1n) is 11.8. The Labute approximate surface area is 205 Å². The van der Waals surface area contributed by atoms with Gasteiger partial charge in [0.05, 0.1) is 39.0 Å². The van der Waals surface area contributed by atoms with Gasteiger partial charge in [0.25, 0.3) is 11.7 Å². The van der Waals surface area contributed by atoms with E-state index < -0.39 is 17.7 Å². The highest BCUT2D eigenvalue weighted by Gasteiger charge is 2.46. The number of Topliss-reactive ketones (excluding diaryl/α,β-unsaturated/α-hetero) is 1. The average Bonchev–Trinajstić information content (AvgIpc) is 3.13. The number of amides is 1. The van der Waals surface area contributed by atoms with Crippen LogP contribution in [0.15, 0.2) is 48.0 Å². The molecule has 2 saturated heterocycles. The third-order valence-corrected chi connectivity index (χ3v) is 6.58. The molecule has 186 valence electrons. The number of aryl methyl sites for hydroxylation is 1. The van der Waals surface area contributed by atoms with Crippen LogP contribution < -0.4 is 9.47 Å². The normalized spacial score (nSPS) is 20.3. The third-order valence-electron chi connectivity index (χ3n) is 6.58. The van der Waals surface area contributed by atoms with E-state index in [4.69, 9.17) is 14.2 Å². The highest BCUT2D eigenvalue weighted by atomic mass is 16.5. The summed E-state index contributed by atoms with van der Waals surface area (Å²) < 4.78 is 16.3. The number of ether oxygens (including phenoxy) is 3. The standard InChI is InChI=1S/C27H32N2O6/c1-18-5-7-19(8-6-18)25(30)23-24(21-10-9-20(33-2)17-22(21)34-3)29(27(32)26(23)31)12-4-11-28-13-15-35-16-14-28/h5-10,17,24,30H,4,11-16H2,1-3H3/t24-/m1/s1. The van der Waals surface area contributed by atoms with E-state index in [0.29, 0.717) is 48.8 Å². The topological polar surface area (TPSA) is 88.5 Å². The number of carbonyl (C=O) groups excluding carboxylic acids is 2. The van der Waals surface area contributed by atoms with Crippen molar-refractivity contribution in [3.05, 3.63) is 64.7 Å². The summed E-state index contributed by atoms with van der Waals surface area (Å²) in [6, 6.07) is 11.7. The maximum atomic E-state index is 13.3. The molecular formula is C27H32N2O6. The zero-order chi connectivity index (χ0) is 24.9. The molecule has 0 bridgehead atoms. The minimum absolute atomic E-state index is 0.0636. The van der Waals surface area contributed by atoms with Crippen molar-refractivity contribution in [2.75, 3.05) is 53.6 Å². The van der Waals surface area contributed by atoms with Crippen molar-refractivity contribution in [2.45, 2.75) is 19.4 Å². The quantitative estimate of drug-likeness (QED) is 0.353. The lowest BCUT2D eigenvalue weighted by atomic mass is 9.94. The van der Waals surface area contributed by atoms with Gasteiger partial charge in [-0.05, 0) is 25.5 Å². The number of benzene rings is 2. The number of aliphatic hydroxyl groups excluding tert-OH is 1. The third kappa shape index (κ3) is 5.18. The van der Waals surface area contributed by atoms with Gasteiger partial charge >= 0.3 is 0 Å². The zero-order valence-electron chi connectivity index (χ0n) is 20.5. The summed E-state index contributed by atoms with van der Waals surface area (Å²) in [5.74, 6) is -0.444. The van der Waals surface area contributed by atoms with Crippen LogP contribution in [0.3, 0.4) is 0 Å². The molecule has 8 nitrogen and oxygen atoms in total. The fourth-order valence-electron chi connectivity index (χ4n) is 4.63. The molecule has 2 fully saturated rings. The number of morpholine rings is 1. The number of rotatable bonds is 8. The Bertz CT molecular complexity index is 1110. The fourth-order valence-corrected chi connectivity index (χ4v) is 4.63. The lowest BCUT2D eigenvalue weighted by Gasteiger charge is -2.29. The Kier molecular flexibility index (Phi) is 7.73. The summed E-state index contributed by atoms with van der Waals surface area (Å²) in [4.78, 5) is 30.3. The van der Waals surface area contributed by atoms with Crippen LogP contribution in [-0.2, 0) is 14.3 Å². The van der Waals surface area contributed by atoms with Gasteiger partial charge in [-0.1, -0.05) is 29.8 Å². The molecule has 1 amide bonds. The summed E-state index contributed by atoms with van der Waals surface area (Å²) in [5.41, 5.74) is 2.19. The lowest BCUT2D eigenvalue weighted by Crippen LogP contribution is -2.39. The molecule has 1 N–H and O–H groups in total. The number of ketones is 1. The van der Waals surface area contributed by atoms with Crippen LogP contribution in [0.5, 0.6) is 11.5 Å². The van der Waals surface area contributed by atoms with E-state index in [-0.39, 0.29) is 11.3 Å². The summed E-state index contributed by atoms with van der Waals surface area (Å²) >= 11 is 0. The minimum Gasteiger partial charge on any atom is -0.507 e. The molecule has 2 aromatic carbocycles. The molecule has 0 radical (unpaired) electrons. The van der Waals surface area contributed by atoms with Gasteiger partial charge < -0.3 is 24.2 Å². The van der Waals surface area contributed by atoms with E-state index in [2.05, 4.69) is 4.90 Å². The Balaban J connectivity index is 1.73. The molecule has 4 rings (SSSR count). The molecule has 0 aromatic heterocycles. The van der Waals surface area contributed by atoms with E-state index in [1.54, 1.807) is 42.3 Å². The molecule has 0 unspecified atom stereocenters. The lowest BCUT2D eigenvalue weighted by molar-refractivity contribution is -0.140. The molecular weight excluding hydrogens is 448 g/mol. The maximum absolute atomic E-state index is 13.3. The van der Waals surface area contributed by atoms with E-state index in [1.807, 2.05) is 19.1 Å². The summed E-state index contributed by atoms with van der Waals surface area (Å²) in [6.45, 7) is 6.20. The molecule has 2 aliphatic heterocycles. The molecule has 1 atom stereocenters. The minimum atomic E-state index is -0.776. The van der Waals surface area contributed by atoms with E-state index in [0.717, 1.165) is 25.2 Å². The molecule has 2 aromatic rings. The van der Waals surface area contributed by atoms with Crippen molar-refractivity contribution in [3.63, 3.8) is 0 Å². The second-order valence-electron chi connectivity index (χ2n) is 8.77. The van der Waals surface area contributed by atoms with Gasteiger partial charge in [-0.15, -0.1) is 0 Å². The predicted octanol–water partition coefficient (Wildman–Crippen LogP) is 3.16. The number of nitrogens with zero attached hydrogens (tertiary/aromatic N) is 2. The van der Waals surface area contributed by atoms with Crippen LogP contribution in [0, 0.1) is 6.92 Å². The monoisotopic (exact) mass is 480 g/mol. The Morgan fingerprint density at radius 3 is 2.40 bits per heavy atom. The van der Waals surface area contributed by atoms with Crippen molar-refractivity contribution in [1.29, 1.82) is 0 Å². The highest BCUT2D eigenvalue weighted by molar-refractivity contribution is 6.46. The van der Waals surface area contributed by atoms with Crippen LogP contribution in [0.4, 0.5) is 0 Å². The molecule has 35 heavy (non-hydrogen) atoms. The van der Waals surface area contributed by atoms with Crippen molar-refractivity contribution in [1.82, 2.24) is 9.80 Å². The van der Waals surface area contributed by atoms with E-state index >= 15 is 0 Å². The van der Waals surface area contributed by atoms with Crippen LogP contribution in [0.25, 0.3) is 5.76 Å². The largest absolute Gasteiger partial charge is 0.507 e. The van der Waals surface area contributed by atoms with Crippen molar-refractivity contribution in [2.24, 2.45) is 0 Å². The first kappa shape index (κ1) is 24.8. The number of hydrogen-bond acceptors (Lipinski definition) is 7. The molecule has 0 spiro atoms. The maximum Gasteiger partial charge on any atom is 0.295 e. The van der Waals surface area contributed by atoms with Gasteiger partial charge in [0.1, 0.15) is 17.3 Å². The summed E-state index contributed by atoms with van der Waals surface area (Å²) in [7, 11) is 3.09. The number of likely N-dealkylation sites (tertiary alicyclic amines) is 1. The van der Waals surface area contributed by atoms with Gasteiger partial charge in [0.15, 0.2) is 0 Å². The SMILES string of the molecule is COc1ccc([C@@H]2C(=C(O)c3ccc(C)cc3)C(=O)C(=O)N2CCCN2CCOCC2)c(OC)c1. The van der Waals surface area contributed by atoms with E-state index in [9.17, 15) is 14.7 Å². The summed E-state index contributed by atoms with van der Waals surface area (Å²) in [5, 5.41) is 11.2. The van der Waals surface area contributed by atoms with Crippen LogP contribution in [-0.4, -0.2) is 80.2 Å². The van der Waals surface area contributed by atoms with Gasteiger partial charge in [-0.25, -0.2) is 0 Å². The number of carbonyl (C=O) groups is 2. The smallest absolute Gasteiger partial charge is 0.295 e. The van der Waals surface area contributed by atoms with Crippen molar-refractivity contribution < 1.29 is 28.9 Å². The van der Waals surface area contributed by atoms with Gasteiger partial charge in [-0.2, -0.15) is 0 Å². The fraction of sp³-hybridized carbons (Fsp3) is 0.407. The van der Waals surface area contributed by atoms with Gasteiger partial charge in [0.2, 0.25) is 0 Å². The molecule has 0 aliphatic carbocycles. The molecule has 8 heteroatoms. The predicted molar refractivity (Wildman–Crippen MR) is 132 cm³/mol. The van der Waals surface area contributed by atoms with Gasteiger partial charge in [0, 0.05) is 43.4 Å². The Morgan fingerprint density at radius 1 is 1.03 bits per heavy atom. The number of hydrogen-bond donors (Lipinski definition) is 1. The highest BCUT2D eigenvalue weighted by Crippen LogP contribution is 2.43. The second-order valence-corrected chi connectivity index (χ2v) is 8.77. The van der Waals surface area contributed by atoms with Crippen LogP contribution >= 0.6 is 0 Å². The van der Waals surface area contributed by atoms with Crippen molar-refractivity contribution in [3.8, 4) is 11.5 Å². The van der Waals surface area contributed by atoms with Gasteiger partial charge in [-0.3, -0.25) is 14.5 Å².